The smallest absolute Gasteiger partial charge is 0.128 e. The summed E-state index contributed by atoms with van der Waals surface area (Å²) in [7, 11) is 0. The molecule has 1 fully saturated rings. The first kappa shape index (κ1) is 14.8. The average molecular weight is 293 g/mol. The van der Waals surface area contributed by atoms with Crippen LogP contribution in [0.25, 0.3) is 0 Å². The second kappa shape index (κ2) is 5.58. The first-order valence-corrected chi connectivity index (χ1v) is 7.90. The van der Waals surface area contributed by atoms with Crippen LogP contribution in [0.2, 0.25) is 0 Å². The van der Waals surface area contributed by atoms with Crippen molar-refractivity contribution in [1.29, 1.82) is 0 Å². The number of fused-ring (bicyclic) bond motifs is 1. The Kier molecular flexibility index (Phi) is 3.93. The third-order valence-electron chi connectivity index (χ3n) is 4.89. The summed E-state index contributed by atoms with van der Waals surface area (Å²) in [4.78, 5) is 2.45. The molecular weight excluding hydrogens is 269 g/mol. The largest absolute Gasteiger partial charge is 0.487 e. The summed E-state index contributed by atoms with van der Waals surface area (Å²) in [5.41, 5.74) is 0.371. The van der Waals surface area contributed by atoms with E-state index in [2.05, 4.69) is 18.7 Å². The lowest BCUT2D eigenvalue weighted by atomic mass is 9.83. The number of halogens is 1. The van der Waals surface area contributed by atoms with E-state index in [0.717, 1.165) is 32.4 Å². The molecule has 1 spiro atoms. The van der Waals surface area contributed by atoms with Gasteiger partial charge in [-0.05, 0) is 51.8 Å². The summed E-state index contributed by atoms with van der Waals surface area (Å²) < 4.78 is 19.6. The Morgan fingerprint density at radius 3 is 2.90 bits per heavy atom. The van der Waals surface area contributed by atoms with Gasteiger partial charge in [-0.15, -0.1) is 0 Å². The molecule has 0 saturated carbocycles. The van der Waals surface area contributed by atoms with E-state index in [1.54, 1.807) is 6.07 Å². The van der Waals surface area contributed by atoms with Crippen LogP contribution in [0.15, 0.2) is 18.2 Å². The highest BCUT2D eigenvalue weighted by molar-refractivity contribution is 5.38. The zero-order valence-corrected chi connectivity index (χ0v) is 12.8. The lowest BCUT2D eigenvalue weighted by Crippen LogP contribution is -2.42. The van der Waals surface area contributed by atoms with E-state index in [9.17, 15) is 9.50 Å². The second-order valence-corrected chi connectivity index (χ2v) is 6.67. The predicted octanol–water partition coefficient (Wildman–Crippen LogP) is 3.27. The van der Waals surface area contributed by atoms with E-state index >= 15 is 0 Å². The van der Waals surface area contributed by atoms with Crippen molar-refractivity contribution in [2.24, 2.45) is 0 Å². The number of hydrogen-bond acceptors (Lipinski definition) is 3. The summed E-state index contributed by atoms with van der Waals surface area (Å²) in [6.07, 6.45) is 2.91. The molecule has 0 amide bonds. The average Bonchev–Trinajstić information content (AvgIpc) is 2.61. The minimum absolute atomic E-state index is 0.310. The Morgan fingerprint density at radius 2 is 2.14 bits per heavy atom. The molecule has 1 N–H and O–H groups in total. The fourth-order valence-electron chi connectivity index (χ4n) is 3.62. The highest BCUT2D eigenvalue weighted by Crippen LogP contribution is 2.44. The van der Waals surface area contributed by atoms with Crippen molar-refractivity contribution in [3.63, 3.8) is 0 Å². The zero-order valence-electron chi connectivity index (χ0n) is 12.8. The monoisotopic (exact) mass is 293 g/mol. The summed E-state index contributed by atoms with van der Waals surface area (Å²) in [5.74, 6) is 0.210. The van der Waals surface area contributed by atoms with E-state index in [4.69, 9.17) is 4.74 Å². The summed E-state index contributed by atoms with van der Waals surface area (Å²) in [5, 5.41) is 10.4. The number of likely N-dealkylation sites (tertiary alicyclic amines) is 1. The maximum Gasteiger partial charge on any atom is 0.128 e. The van der Waals surface area contributed by atoms with Gasteiger partial charge in [-0.2, -0.15) is 0 Å². The quantitative estimate of drug-likeness (QED) is 0.862. The molecule has 116 valence electrons. The molecule has 2 heterocycles. The molecule has 0 bridgehead atoms. The van der Waals surface area contributed by atoms with Crippen LogP contribution in [0.5, 0.6) is 5.75 Å². The molecule has 4 heteroatoms. The van der Waals surface area contributed by atoms with Crippen LogP contribution in [0.4, 0.5) is 4.39 Å². The van der Waals surface area contributed by atoms with Crippen LogP contribution in [0.1, 0.15) is 51.2 Å². The van der Waals surface area contributed by atoms with Crippen molar-refractivity contribution in [2.45, 2.75) is 57.3 Å². The molecule has 3 nitrogen and oxygen atoms in total. The molecule has 2 aliphatic heterocycles. The van der Waals surface area contributed by atoms with Gasteiger partial charge in [-0.3, -0.25) is 0 Å². The SMILES string of the molecule is CC(C)N1CCCC2(CC1)C[C@@H](O)c1ccc(F)cc1O2. The van der Waals surface area contributed by atoms with E-state index < -0.39 is 6.10 Å². The molecule has 3 rings (SSSR count). The number of rotatable bonds is 1. The van der Waals surface area contributed by atoms with Gasteiger partial charge in [-0.1, -0.05) is 0 Å². The van der Waals surface area contributed by atoms with Crippen LogP contribution in [-0.2, 0) is 0 Å². The molecule has 0 radical (unpaired) electrons. The van der Waals surface area contributed by atoms with Crippen LogP contribution < -0.4 is 4.74 Å². The molecule has 0 aliphatic carbocycles. The van der Waals surface area contributed by atoms with Crippen molar-refractivity contribution in [3.05, 3.63) is 29.6 Å². The number of aliphatic hydroxyl groups is 1. The topological polar surface area (TPSA) is 32.7 Å². The molecule has 1 aromatic rings. The van der Waals surface area contributed by atoms with Gasteiger partial charge < -0.3 is 14.7 Å². The zero-order chi connectivity index (χ0) is 15.0. The normalized spacial score (nSPS) is 30.0. The maximum atomic E-state index is 13.5. The first-order valence-electron chi connectivity index (χ1n) is 7.90. The van der Waals surface area contributed by atoms with Gasteiger partial charge in [0.2, 0.25) is 0 Å². The predicted molar refractivity (Wildman–Crippen MR) is 79.9 cm³/mol. The number of ether oxygens (including phenoxy) is 1. The maximum absolute atomic E-state index is 13.5. The van der Waals surface area contributed by atoms with Gasteiger partial charge in [-0.25, -0.2) is 4.39 Å². The number of aliphatic hydroxyl groups excluding tert-OH is 1. The van der Waals surface area contributed by atoms with Crippen LogP contribution in [0, 0.1) is 5.82 Å². The minimum Gasteiger partial charge on any atom is -0.487 e. The Hall–Kier alpha value is -1.13. The third kappa shape index (κ3) is 2.92. The molecule has 1 unspecified atom stereocenters. The molecule has 21 heavy (non-hydrogen) atoms. The Bertz CT molecular complexity index is 520. The van der Waals surface area contributed by atoms with Gasteiger partial charge in [0.15, 0.2) is 0 Å². The Balaban J connectivity index is 1.83. The number of hydrogen-bond donors (Lipinski definition) is 1. The Labute approximate surface area is 125 Å². The highest BCUT2D eigenvalue weighted by atomic mass is 19.1. The van der Waals surface area contributed by atoms with Crippen molar-refractivity contribution < 1.29 is 14.2 Å². The molecule has 0 aromatic heterocycles. The molecular formula is C17H24FNO2. The fourth-order valence-corrected chi connectivity index (χ4v) is 3.62. The van der Waals surface area contributed by atoms with E-state index in [1.807, 2.05) is 0 Å². The van der Waals surface area contributed by atoms with Gasteiger partial charge in [0, 0.05) is 30.6 Å². The van der Waals surface area contributed by atoms with Gasteiger partial charge in [0.1, 0.15) is 17.2 Å². The van der Waals surface area contributed by atoms with Crippen LogP contribution in [0.3, 0.4) is 0 Å². The van der Waals surface area contributed by atoms with Crippen molar-refractivity contribution in [1.82, 2.24) is 4.90 Å². The first-order chi connectivity index (χ1) is 9.99. The summed E-state index contributed by atoms with van der Waals surface area (Å²) in [6.45, 7) is 6.45. The molecule has 1 aromatic carbocycles. The van der Waals surface area contributed by atoms with Crippen molar-refractivity contribution >= 4 is 0 Å². The Morgan fingerprint density at radius 1 is 1.33 bits per heavy atom. The van der Waals surface area contributed by atoms with E-state index in [-0.39, 0.29) is 11.4 Å². The van der Waals surface area contributed by atoms with Gasteiger partial charge in [0.25, 0.3) is 0 Å². The summed E-state index contributed by atoms with van der Waals surface area (Å²) in [6, 6.07) is 4.96. The molecule has 1 saturated heterocycles. The number of benzene rings is 1. The second-order valence-electron chi connectivity index (χ2n) is 6.67. The van der Waals surface area contributed by atoms with Crippen molar-refractivity contribution in [2.75, 3.05) is 13.1 Å². The van der Waals surface area contributed by atoms with E-state index in [0.29, 0.717) is 23.8 Å². The summed E-state index contributed by atoms with van der Waals surface area (Å²) >= 11 is 0. The lowest BCUT2D eigenvalue weighted by Gasteiger charge is -2.40. The minimum atomic E-state index is -0.556. The molecule has 2 atom stereocenters. The standard InChI is InChI=1S/C17H24FNO2/c1-12(2)19-8-3-6-17(7-9-19)11-15(20)14-5-4-13(18)10-16(14)21-17/h4-5,10,12,15,20H,3,6-9,11H2,1-2H3/t15-,17?/m1/s1. The number of nitrogens with zero attached hydrogens (tertiary/aromatic N) is 1. The van der Waals surface area contributed by atoms with E-state index in [1.165, 1.54) is 12.1 Å². The van der Waals surface area contributed by atoms with Gasteiger partial charge in [0.05, 0.1) is 6.10 Å². The lowest BCUT2D eigenvalue weighted by molar-refractivity contribution is -0.0245. The highest BCUT2D eigenvalue weighted by Gasteiger charge is 2.41. The third-order valence-corrected chi connectivity index (χ3v) is 4.89. The van der Waals surface area contributed by atoms with Crippen LogP contribution >= 0.6 is 0 Å². The molecule has 2 aliphatic rings. The van der Waals surface area contributed by atoms with Crippen molar-refractivity contribution in [3.8, 4) is 5.75 Å². The van der Waals surface area contributed by atoms with Gasteiger partial charge >= 0.3 is 0 Å². The van der Waals surface area contributed by atoms with Crippen LogP contribution in [-0.4, -0.2) is 34.7 Å². The fraction of sp³-hybridized carbons (Fsp3) is 0.647.